The number of aryl methyl sites for hydroxylation is 1. The van der Waals surface area contributed by atoms with Gasteiger partial charge in [-0.3, -0.25) is 0 Å². The third kappa shape index (κ3) is 3.25. The first-order valence-electron chi connectivity index (χ1n) is 5.92. The second-order valence-corrected chi connectivity index (χ2v) is 5.99. The predicted octanol–water partition coefficient (Wildman–Crippen LogP) is 5.77. The second-order valence-electron chi connectivity index (χ2n) is 4.45. The van der Waals surface area contributed by atoms with Crippen molar-refractivity contribution >= 4 is 44.8 Å². The van der Waals surface area contributed by atoms with Gasteiger partial charge in [0.25, 0.3) is 0 Å². The third-order valence-electron chi connectivity index (χ3n) is 2.91. The quantitative estimate of drug-likeness (QED) is 0.542. The molecular weight excluding hydrogens is 366 g/mol. The molecule has 2 rings (SSSR count). The molecule has 0 amide bonds. The van der Waals surface area contributed by atoms with Crippen molar-refractivity contribution in [2.45, 2.75) is 19.9 Å². The molecule has 1 aromatic heterocycles. The summed E-state index contributed by atoms with van der Waals surface area (Å²) in [6, 6.07) is 4.45. The molecule has 1 aromatic carbocycles. The molecule has 2 nitrogen and oxygen atoms in total. The highest BCUT2D eigenvalue weighted by Crippen LogP contribution is 2.34. The van der Waals surface area contributed by atoms with Gasteiger partial charge >= 0.3 is 0 Å². The van der Waals surface area contributed by atoms with Crippen LogP contribution in [0.4, 0.5) is 10.1 Å². The van der Waals surface area contributed by atoms with Crippen LogP contribution in [0.5, 0.6) is 0 Å². The lowest BCUT2D eigenvalue weighted by Crippen LogP contribution is -2.09. The summed E-state index contributed by atoms with van der Waals surface area (Å²) >= 11 is 15.4. The highest BCUT2D eigenvalue weighted by molar-refractivity contribution is 9.10. The van der Waals surface area contributed by atoms with Gasteiger partial charge in [0.15, 0.2) is 0 Å². The normalized spacial score (nSPS) is 12.3. The smallest absolute Gasteiger partial charge is 0.142 e. The zero-order valence-corrected chi connectivity index (χ0v) is 13.9. The van der Waals surface area contributed by atoms with Crippen molar-refractivity contribution in [1.29, 1.82) is 0 Å². The van der Waals surface area contributed by atoms with Crippen molar-refractivity contribution < 1.29 is 4.39 Å². The van der Waals surface area contributed by atoms with Crippen LogP contribution in [0, 0.1) is 12.7 Å². The number of aromatic nitrogens is 1. The van der Waals surface area contributed by atoms with Crippen molar-refractivity contribution in [3.05, 3.63) is 56.0 Å². The summed E-state index contributed by atoms with van der Waals surface area (Å²) in [4.78, 5) is 4.20. The second kappa shape index (κ2) is 6.29. The summed E-state index contributed by atoms with van der Waals surface area (Å²) in [6.07, 6.45) is 1.69. The predicted molar refractivity (Wildman–Crippen MR) is 85.1 cm³/mol. The Balaban J connectivity index is 2.30. The largest absolute Gasteiger partial charge is 0.377 e. The van der Waals surface area contributed by atoms with E-state index in [9.17, 15) is 4.39 Å². The van der Waals surface area contributed by atoms with Gasteiger partial charge < -0.3 is 5.32 Å². The van der Waals surface area contributed by atoms with E-state index in [4.69, 9.17) is 23.2 Å². The van der Waals surface area contributed by atoms with E-state index in [0.717, 1.165) is 15.9 Å². The minimum atomic E-state index is -0.482. The maximum atomic E-state index is 13.5. The van der Waals surface area contributed by atoms with Crippen molar-refractivity contribution in [3.8, 4) is 0 Å². The summed E-state index contributed by atoms with van der Waals surface area (Å²) in [5.74, 6) is -0.482. The molecule has 0 spiro atoms. The number of hydrogen-bond donors (Lipinski definition) is 1. The number of rotatable bonds is 3. The maximum Gasteiger partial charge on any atom is 0.142 e. The first-order chi connectivity index (χ1) is 9.40. The molecular formula is C14H12BrCl2FN2. The Morgan fingerprint density at radius 2 is 2.05 bits per heavy atom. The monoisotopic (exact) mass is 376 g/mol. The molecule has 0 aliphatic rings. The minimum absolute atomic E-state index is 0.0410. The van der Waals surface area contributed by atoms with Crippen molar-refractivity contribution in [3.63, 3.8) is 0 Å². The fourth-order valence-corrected chi connectivity index (χ4v) is 2.81. The molecule has 2 aromatic rings. The molecule has 0 bridgehead atoms. The molecule has 1 unspecified atom stereocenters. The van der Waals surface area contributed by atoms with Gasteiger partial charge in [-0.15, -0.1) is 0 Å². The fourth-order valence-electron chi connectivity index (χ4n) is 1.90. The van der Waals surface area contributed by atoms with E-state index in [1.165, 1.54) is 12.1 Å². The average molecular weight is 378 g/mol. The van der Waals surface area contributed by atoms with Crippen LogP contribution >= 0.6 is 39.1 Å². The molecule has 1 N–H and O–H groups in total. The van der Waals surface area contributed by atoms with Crippen molar-refractivity contribution in [2.75, 3.05) is 5.32 Å². The Morgan fingerprint density at radius 3 is 2.70 bits per heavy atom. The molecule has 0 saturated heterocycles. The molecule has 0 radical (unpaired) electrons. The number of nitrogens with one attached hydrogen (secondary N) is 1. The number of hydrogen-bond acceptors (Lipinski definition) is 2. The molecule has 6 heteroatoms. The SMILES string of the molecule is Cc1cc(NC(C)c2c(Cl)ccc(F)c2Cl)cnc1Br. The number of anilines is 1. The van der Waals surface area contributed by atoms with Crippen LogP contribution < -0.4 is 5.32 Å². The van der Waals surface area contributed by atoms with E-state index in [0.29, 0.717) is 10.6 Å². The van der Waals surface area contributed by atoms with Gasteiger partial charge in [-0.2, -0.15) is 0 Å². The lowest BCUT2D eigenvalue weighted by atomic mass is 10.1. The molecule has 0 aliphatic carbocycles. The van der Waals surface area contributed by atoms with E-state index in [2.05, 4.69) is 26.2 Å². The van der Waals surface area contributed by atoms with Crippen LogP contribution in [0.2, 0.25) is 10.0 Å². The minimum Gasteiger partial charge on any atom is -0.377 e. The van der Waals surface area contributed by atoms with E-state index < -0.39 is 5.82 Å². The van der Waals surface area contributed by atoms with Gasteiger partial charge in [0.05, 0.1) is 22.9 Å². The lowest BCUT2D eigenvalue weighted by molar-refractivity contribution is 0.624. The van der Waals surface area contributed by atoms with Gasteiger partial charge in [-0.1, -0.05) is 23.2 Å². The highest BCUT2D eigenvalue weighted by Gasteiger charge is 2.17. The summed E-state index contributed by atoms with van der Waals surface area (Å²) in [7, 11) is 0. The van der Waals surface area contributed by atoms with Crippen LogP contribution in [0.1, 0.15) is 24.1 Å². The van der Waals surface area contributed by atoms with Crippen LogP contribution in [-0.2, 0) is 0 Å². The summed E-state index contributed by atoms with van der Waals surface area (Å²) in [5, 5.41) is 3.69. The van der Waals surface area contributed by atoms with Gasteiger partial charge in [-0.25, -0.2) is 9.37 Å². The standard InChI is InChI=1S/C14H12BrCl2FN2/c1-7-5-9(6-19-14(7)15)20-8(2)12-10(16)3-4-11(18)13(12)17/h3-6,8,20H,1-2H3. The van der Waals surface area contributed by atoms with Crippen LogP contribution in [-0.4, -0.2) is 4.98 Å². The Bertz CT molecular complexity index is 649. The number of pyridine rings is 1. The average Bonchev–Trinajstić information content (AvgIpc) is 2.39. The molecule has 0 saturated carbocycles. The summed E-state index contributed by atoms with van der Waals surface area (Å²) in [6.45, 7) is 3.80. The Labute approximate surface area is 135 Å². The van der Waals surface area contributed by atoms with E-state index in [-0.39, 0.29) is 11.1 Å². The van der Waals surface area contributed by atoms with Crippen molar-refractivity contribution in [1.82, 2.24) is 4.98 Å². The lowest BCUT2D eigenvalue weighted by Gasteiger charge is -2.19. The van der Waals surface area contributed by atoms with Gasteiger partial charge in [0.1, 0.15) is 10.4 Å². The Kier molecular flexibility index (Phi) is 4.89. The maximum absolute atomic E-state index is 13.5. The molecule has 0 fully saturated rings. The molecule has 1 heterocycles. The van der Waals surface area contributed by atoms with E-state index in [1.807, 2.05) is 19.9 Å². The van der Waals surface area contributed by atoms with Crippen LogP contribution in [0.25, 0.3) is 0 Å². The number of halogens is 4. The zero-order valence-electron chi connectivity index (χ0n) is 10.8. The first kappa shape index (κ1) is 15.5. The third-order valence-corrected chi connectivity index (χ3v) is 4.45. The highest BCUT2D eigenvalue weighted by atomic mass is 79.9. The van der Waals surface area contributed by atoms with Crippen LogP contribution in [0.3, 0.4) is 0 Å². The fraction of sp³-hybridized carbons (Fsp3) is 0.214. The van der Waals surface area contributed by atoms with Gasteiger partial charge in [-0.05, 0) is 53.5 Å². The summed E-state index contributed by atoms with van der Waals surface area (Å²) < 4.78 is 14.3. The van der Waals surface area contributed by atoms with E-state index >= 15 is 0 Å². The Hall–Kier alpha value is -0.840. The number of benzene rings is 1. The van der Waals surface area contributed by atoms with Crippen molar-refractivity contribution in [2.24, 2.45) is 0 Å². The molecule has 0 aliphatic heterocycles. The van der Waals surface area contributed by atoms with E-state index in [1.54, 1.807) is 6.20 Å². The molecule has 20 heavy (non-hydrogen) atoms. The summed E-state index contributed by atoms with van der Waals surface area (Å²) in [5.41, 5.74) is 2.35. The Morgan fingerprint density at radius 1 is 1.35 bits per heavy atom. The first-order valence-corrected chi connectivity index (χ1v) is 7.47. The molecule has 1 atom stereocenters. The van der Waals surface area contributed by atoms with Gasteiger partial charge in [0.2, 0.25) is 0 Å². The molecule has 106 valence electrons. The zero-order chi connectivity index (χ0) is 14.9. The van der Waals surface area contributed by atoms with Gasteiger partial charge in [0, 0.05) is 10.6 Å². The number of nitrogens with zero attached hydrogens (tertiary/aromatic N) is 1. The van der Waals surface area contributed by atoms with Crippen LogP contribution in [0.15, 0.2) is 29.0 Å². The topological polar surface area (TPSA) is 24.9 Å².